The Hall–Kier alpha value is -2.91. The first kappa shape index (κ1) is 21.0. The number of aromatic nitrogens is 2. The van der Waals surface area contributed by atoms with Crippen molar-refractivity contribution in [3.8, 4) is 0 Å². The van der Waals surface area contributed by atoms with E-state index >= 15 is 0 Å². The Kier molecular flexibility index (Phi) is 5.84. The lowest BCUT2D eigenvalue weighted by Crippen LogP contribution is -2.53. The minimum absolute atomic E-state index is 0.0571. The summed E-state index contributed by atoms with van der Waals surface area (Å²) in [5.74, 6) is 0.178. The van der Waals surface area contributed by atoms with Crippen molar-refractivity contribution in [2.75, 3.05) is 45.8 Å². The molecule has 8 nitrogen and oxygen atoms in total. The number of piperidine rings is 1. The number of nitrogens with one attached hydrogen (secondary N) is 1. The highest BCUT2D eigenvalue weighted by atomic mass is 32.1. The lowest BCUT2D eigenvalue weighted by atomic mass is 10.0. The Balaban J connectivity index is 1.12. The summed E-state index contributed by atoms with van der Waals surface area (Å²) in [5.41, 5.74) is 1.75. The highest BCUT2D eigenvalue weighted by Gasteiger charge is 2.28. The average Bonchev–Trinajstić information content (AvgIpc) is 3.47. The normalized spacial score (nSPS) is 18.4. The molecule has 3 aromatic rings. The van der Waals surface area contributed by atoms with Gasteiger partial charge in [-0.25, -0.2) is 4.79 Å². The summed E-state index contributed by atoms with van der Waals surface area (Å²) in [5, 5.41) is 1.91. The monoisotopic (exact) mass is 453 g/mol. The number of amides is 2. The first-order chi connectivity index (χ1) is 15.6. The number of nitrogens with zero attached hydrogens (tertiary/aromatic N) is 4. The maximum Gasteiger partial charge on any atom is 0.326 e. The zero-order valence-electron chi connectivity index (χ0n) is 17.9. The fourth-order valence-electron chi connectivity index (χ4n) is 4.78. The number of likely N-dealkylation sites (tertiary alicyclic amines) is 1. The van der Waals surface area contributed by atoms with Gasteiger partial charge in [0.05, 0.1) is 22.5 Å². The fraction of sp³-hybridized carbons (Fsp3) is 0.435. The molecule has 1 aromatic carbocycles. The van der Waals surface area contributed by atoms with Gasteiger partial charge in [-0.3, -0.25) is 19.1 Å². The molecule has 0 bridgehead atoms. The van der Waals surface area contributed by atoms with Crippen LogP contribution >= 0.6 is 11.3 Å². The van der Waals surface area contributed by atoms with Crippen LogP contribution in [0.5, 0.6) is 0 Å². The molecule has 2 fully saturated rings. The number of hydrogen-bond donors (Lipinski definition) is 1. The topological polar surface area (TPSA) is 81.7 Å². The molecule has 4 heterocycles. The van der Waals surface area contributed by atoms with E-state index in [0.717, 1.165) is 41.8 Å². The third kappa shape index (κ3) is 4.10. The van der Waals surface area contributed by atoms with E-state index in [4.69, 9.17) is 0 Å². The molecule has 0 saturated carbocycles. The Morgan fingerprint density at radius 2 is 1.66 bits per heavy atom. The molecular weight excluding hydrogens is 426 g/mol. The van der Waals surface area contributed by atoms with Crippen LogP contribution in [-0.2, 0) is 4.79 Å². The fourth-order valence-corrected chi connectivity index (χ4v) is 5.47. The van der Waals surface area contributed by atoms with E-state index in [1.54, 1.807) is 0 Å². The van der Waals surface area contributed by atoms with Crippen molar-refractivity contribution in [1.29, 1.82) is 0 Å². The van der Waals surface area contributed by atoms with Crippen LogP contribution in [0.2, 0.25) is 0 Å². The van der Waals surface area contributed by atoms with Crippen molar-refractivity contribution in [3.05, 3.63) is 57.1 Å². The molecule has 2 aliphatic heterocycles. The Bertz CT molecular complexity index is 1150. The summed E-state index contributed by atoms with van der Waals surface area (Å²) in [6, 6.07) is 11.7. The van der Waals surface area contributed by atoms with Gasteiger partial charge >= 0.3 is 5.69 Å². The molecule has 0 radical (unpaired) electrons. The Morgan fingerprint density at radius 3 is 2.38 bits per heavy atom. The van der Waals surface area contributed by atoms with E-state index in [0.29, 0.717) is 32.7 Å². The number of fused-ring (bicyclic) bond motifs is 1. The molecule has 0 aliphatic carbocycles. The van der Waals surface area contributed by atoms with Gasteiger partial charge in [-0.1, -0.05) is 18.2 Å². The van der Waals surface area contributed by atoms with Crippen LogP contribution in [0.3, 0.4) is 0 Å². The van der Waals surface area contributed by atoms with E-state index in [9.17, 15) is 14.4 Å². The smallest absolute Gasteiger partial charge is 0.326 e. The van der Waals surface area contributed by atoms with Crippen molar-refractivity contribution in [2.45, 2.75) is 18.9 Å². The zero-order chi connectivity index (χ0) is 22.1. The van der Waals surface area contributed by atoms with Gasteiger partial charge in [-0.05, 0) is 36.4 Å². The number of imidazole rings is 1. The van der Waals surface area contributed by atoms with Gasteiger partial charge in [0.2, 0.25) is 5.91 Å². The second-order valence-corrected chi connectivity index (χ2v) is 9.42. The molecule has 168 valence electrons. The van der Waals surface area contributed by atoms with Gasteiger partial charge in [-0.15, -0.1) is 11.3 Å². The number of thiophene rings is 1. The largest absolute Gasteiger partial charge is 0.338 e. The van der Waals surface area contributed by atoms with E-state index in [-0.39, 0.29) is 23.5 Å². The molecule has 1 N–H and O–H groups in total. The predicted octanol–water partition coefficient (Wildman–Crippen LogP) is 2.01. The quantitative estimate of drug-likeness (QED) is 0.655. The van der Waals surface area contributed by atoms with Crippen molar-refractivity contribution >= 4 is 34.2 Å². The molecule has 0 atom stereocenters. The Labute approximate surface area is 190 Å². The number of para-hydroxylation sites is 2. The highest BCUT2D eigenvalue weighted by Crippen LogP contribution is 2.25. The molecule has 2 amide bonds. The van der Waals surface area contributed by atoms with Gasteiger partial charge in [0, 0.05) is 45.3 Å². The lowest BCUT2D eigenvalue weighted by Gasteiger charge is -2.37. The van der Waals surface area contributed by atoms with Crippen molar-refractivity contribution < 1.29 is 9.59 Å². The molecule has 2 aromatic heterocycles. The van der Waals surface area contributed by atoms with Crippen molar-refractivity contribution in [3.63, 3.8) is 0 Å². The Morgan fingerprint density at radius 1 is 0.938 bits per heavy atom. The number of rotatable bonds is 4. The standard InChI is InChI=1S/C23H27N5O3S/c29-21(26-11-13-27(14-12-26)22(30)20-6-3-15-32-20)16-25-9-7-17(8-10-25)28-19-5-2-1-4-18(19)24-23(28)31/h1-6,15,17H,7-14,16H2,(H,24,31). The predicted molar refractivity (Wildman–Crippen MR) is 124 cm³/mol. The van der Waals surface area contributed by atoms with Gasteiger partial charge in [0.1, 0.15) is 0 Å². The summed E-state index contributed by atoms with van der Waals surface area (Å²) in [6.07, 6.45) is 1.69. The molecular formula is C23H27N5O3S. The average molecular weight is 454 g/mol. The van der Waals surface area contributed by atoms with Crippen LogP contribution in [0.4, 0.5) is 0 Å². The first-order valence-corrected chi connectivity index (χ1v) is 12.0. The molecule has 32 heavy (non-hydrogen) atoms. The van der Waals surface area contributed by atoms with Crippen LogP contribution in [0.15, 0.2) is 46.6 Å². The minimum atomic E-state index is -0.0595. The maximum absolute atomic E-state index is 12.8. The second kappa shape index (κ2) is 8.91. The lowest BCUT2D eigenvalue weighted by molar-refractivity contribution is -0.134. The third-order valence-corrected chi connectivity index (χ3v) is 7.41. The van der Waals surface area contributed by atoms with Crippen LogP contribution in [0.1, 0.15) is 28.6 Å². The highest BCUT2D eigenvalue weighted by molar-refractivity contribution is 7.12. The minimum Gasteiger partial charge on any atom is -0.338 e. The summed E-state index contributed by atoms with van der Waals surface area (Å²) in [4.78, 5) is 47.4. The molecule has 5 rings (SSSR count). The number of carbonyl (C=O) groups excluding carboxylic acids is 2. The van der Waals surface area contributed by atoms with Crippen LogP contribution < -0.4 is 5.69 Å². The van der Waals surface area contributed by atoms with Crippen molar-refractivity contribution in [1.82, 2.24) is 24.3 Å². The van der Waals surface area contributed by atoms with Crippen LogP contribution in [-0.4, -0.2) is 81.9 Å². The van der Waals surface area contributed by atoms with Crippen molar-refractivity contribution in [2.24, 2.45) is 0 Å². The van der Waals surface area contributed by atoms with E-state index in [1.807, 2.05) is 56.1 Å². The van der Waals surface area contributed by atoms with Gasteiger partial charge in [-0.2, -0.15) is 0 Å². The molecule has 2 saturated heterocycles. The van der Waals surface area contributed by atoms with E-state index in [2.05, 4.69) is 9.88 Å². The molecule has 0 spiro atoms. The van der Waals surface area contributed by atoms with Crippen LogP contribution in [0, 0.1) is 0 Å². The molecule has 0 unspecified atom stereocenters. The number of hydrogen-bond acceptors (Lipinski definition) is 5. The maximum atomic E-state index is 12.8. The van der Waals surface area contributed by atoms with E-state index in [1.165, 1.54) is 11.3 Å². The molecule has 2 aliphatic rings. The number of aromatic amines is 1. The van der Waals surface area contributed by atoms with Crippen LogP contribution in [0.25, 0.3) is 11.0 Å². The number of benzene rings is 1. The van der Waals surface area contributed by atoms with E-state index < -0.39 is 0 Å². The summed E-state index contributed by atoms with van der Waals surface area (Å²) >= 11 is 1.45. The number of H-pyrrole nitrogens is 1. The molecule has 9 heteroatoms. The third-order valence-electron chi connectivity index (χ3n) is 6.56. The second-order valence-electron chi connectivity index (χ2n) is 8.47. The number of carbonyl (C=O) groups is 2. The van der Waals surface area contributed by atoms with Gasteiger partial charge < -0.3 is 14.8 Å². The summed E-state index contributed by atoms with van der Waals surface area (Å²) < 4.78 is 1.87. The van der Waals surface area contributed by atoms with Gasteiger partial charge in [0.15, 0.2) is 0 Å². The first-order valence-electron chi connectivity index (χ1n) is 11.1. The SMILES string of the molecule is O=C(CN1CCC(n2c(=O)[nH]c3ccccc32)CC1)N1CCN(C(=O)c2cccs2)CC1. The number of piperazine rings is 1. The zero-order valence-corrected chi connectivity index (χ0v) is 18.7. The summed E-state index contributed by atoms with van der Waals surface area (Å²) in [7, 11) is 0. The van der Waals surface area contributed by atoms with Gasteiger partial charge in [0.25, 0.3) is 5.91 Å². The summed E-state index contributed by atoms with van der Waals surface area (Å²) in [6.45, 7) is 4.29.